The van der Waals surface area contributed by atoms with Gasteiger partial charge in [-0.05, 0) is 47.7 Å². The summed E-state index contributed by atoms with van der Waals surface area (Å²) in [5.41, 5.74) is 3.86. The number of nitrogens with one attached hydrogen (secondary N) is 1. The van der Waals surface area contributed by atoms with Crippen molar-refractivity contribution in [3.8, 4) is 0 Å². The van der Waals surface area contributed by atoms with Crippen LogP contribution >= 0.6 is 0 Å². The number of anilines is 1. The van der Waals surface area contributed by atoms with E-state index in [0.29, 0.717) is 12.1 Å². The third-order valence-corrected chi connectivity index (χ3v) is 5.65. The monoisotopic (exact) mass is 365 g/mol. The molecule has 0 bridgehead atoms. The number of hydrogen-bond acceptors (Lipinski definition) is 2. The van der Waals surface area contributed by atoms with E-state index in [1.54, 1.807) is 18.2 Å². The number of rotatable bonds is 7. The second kappa shape index (κ2) is 8.19. The van der Waals surface area contributed by atoms with Crippen molar-refractivity contribution >= 4 is 15.7 Å². The Bertz CT molecular complexity index is 949. The van der Waals surface area contributed by atoms with Crippen molar-refractivity contribution in [2.45, 2.75) is 31.1 Å². The highest BCUT2D eigenvalue weighted by atomic mass is 32.2. The second-order valence-electron chi connectivity index (χ2n) is 6.32. The van der Waals surface area contributed by atoms with Crippen LogP contribution in [-0.4, -0.2) is 8.42 Å². The summed E-state index contributed by atoms with van der Waals surface area (Å²) < 4.78 is 28.3. The molecule has 3 aromatic rings. The van der Waals surface area contributed by atoms with Crippen molar-refractivity contribution in [2.24, 2.45) is 0 Å². The van der Waals surface area contributed by atoms with Gasteiger partial charge in [0.1, 0.15) is 0 Å². The van der Waals surface area contributed by atoms with Crippen molar-refractivity contribution in [3.63, 3.8) is 0 Å². The molecule has 26 heavy (non-hydrogen) atoms. The zero-order valence-corrected chi connectivity index (χ0v) is 15.7. The molecule has 0 atom stereocenters. The first-order valence-electron chi connectivity index (χ1n) is 8.82. The van der Waals surface area contributed by atoms with E-state index in [2.05, 4.69) is 11.6 Å². The second-order valence-corrected chi connectivity index (χ2v) is 8.00. The van der Waals surface area contributed by atoms with Crippen molar-refractivity contribution in [1.82, 2.24) is 0 Å². The largest absolute Gasteiger partial charge is 0.279 e. The van der Waals surface area contributed by atoms with Crippen molar-refractivity contribution in [3.05, 3.63) is 95.6 Å². The van der Waals surface area contributed by atoms with E-state index in [1.165, 1.54) is 0 Å². The van der Waals surface area contributed by atoms with E-state index in [9.17, 15) is 8.42 Å². The highest BCUT2D eigenvalue weighted by Crippen LogP contribution is 2.23. The van der Waals surface area contributed by atoms with Crippen molar-refractivity contribution in [1.29, 1.82) is 0 Å². The van der Waals surface area contributed by atoms with Gasteiger partial charge in [-0.3, -0.25) is 4.72 Å². The Balaban J connectivity index is 1.83. The maximum atomic E-state index is 12.8. The van der Waals surface area contributed by atoms with Crippen LogP contribution in [-0.2, 0) is 22.9 Å². The third kappa shape index (κ3) is 4.52. The zero-order chi connectivity index (χ0) is 18.4. The first kappa shape index (κ1) is 18.2. The Morgan fingerprint density at radius 1 is 0.769 bits per heavy atom. The van der Waals surface area contributed by atoms with Crippen LogP contribution in [0, 0.1) is 0 Å². The SMILES string of the molecule is CCCc1ccc(S(=O)(=O)Nc2ccccc2Cc2ccccc2)cc1. The fraction of sp³-hybridized carbons (Fsp3) is 0.182. The Morgan fingerprint density at radius 2 is 1.42 bits per heavy atom. The lowest BCUT2D eigenvalue weighted by Crippen LogP contribution is -2.14. The van der Waals surface area contributed by atoms with Crippen molar-refractivity contribution < 1.29 is 8.42 Å². The summed E-state index contributed by atoms with van der Waals surface area (Å²) in [6.45, 7) is 2.11. The number of para-hydroxylation sites is 1. The minimum Gasteiger partial charge on any atom is -0.279 e. The number of aryl methyl sites for hydroxylation is 1. The summed E-state index contributed by atoms with van der Waals surface area (Å²) >= 11 is 0. The molecule has 0 fully saturated rings. The number of sulfonamides is 1. The normalized spacial score (nSPS) is 11.3. The van der Waals surface area contributed by atoms with Gasteiger partial charge in [0.05, 0.1) is 10.6 Å². The molecule has 0 radical (unpaired) electrons. The molecule has 0 aliphatic rings. The summed E-state index contributed by atoms with van der Waals surface area (Å²) in [6.07, 6.45) is 2.67. The van der Waals surface area contributed by atoms with Gasteiger partial charge >= 0.3 is 0 Å². The lowest BCUT2D eigenvalue weighted by atomic mass is 10.0. The molecular weight excluding hydrogens is 342 g/mol. The summed E-state index contributed by atoms with van der Waals surface area (Å²) in [4.78, 5) is 0.284. The molecule has 0 aliphatic heterocycles. The molecule has 3 aromatic carbocycles. The molecule has 1 N–H and O–H groups in total. The zero-order valence-electron chi connectivity index (χ0n) is 14.9. The van der Waals surface area contributed by atoms with Crippen molar-refractivity contribution in [2.75, 3.05) is 4.72 Å². The van der Waals surface area contributed by atoms with Gasteiger partial charge in [0, 0.05) is 0 Å². The molecule has 0 unspecified atom stereocenters. The Morgan fingerprint density at radius 3 is 2.12 bits per heavy atom. The molecule has 0 saturated carbocycles. The molecule has 0 amide bonds. The topological polar surface area (TPSA) is 46.2 Å². The van der Waals surface area contributed by atoms with E-state index < -0.39 is 10.0 Å². The Labute approximate surface area is 155 Å². The van der Waals surface area contributed by atoms with Gasteiger partial charge in [-0.1, -0.05) is 74.0 Å². The average Bonchev–Trinajstić information content (AvgIpc) is 2.65. The molecule has 0 saturated heterocycles. The lowest BCUT2D eigenvalue weighted by Gasteiger charge is -2.13. The summed E-state index contributed by atoms with van der Waals surface area (Å²) in [5, 5.41) is 0. The van der Waals surface area contributed by atoms with Crippen LogP contribution in [0.2, 0.25) is 0 Å². The number of benzene rings is 3. The molecule has 4 heteroatoms. The van der Waals surface area contributed by atoms with E-state index in [4.69, 9.17) is 0 Å². The summed E-state index contributed by atoms with van der Waals surface area (Å²) in [7, 11) is -3.61. The Kier molecular flexibility index (Phi) is 5.74. The fourth-order valence-electron chi connectivity index (χ4n) is 2.92. The van der Waals surface area contributed by atoms with Crippen LogP contribution in [0.1, 0.15) is 30.0 Å². The van der Waals surface area contributed by atoms with Gasteiger partial charge in [-0.25, -0.2) is 8.42 Å². The minimum atomic E-state index is -3.61. The van der Waals surface area contributed by atoms with E-state index in [1.807, 2.05) is 60.7 Å². The molecule has 134 valence electrons. The van der Waals surface area contributed by atoms with Crippen LogP contribution in [0.4, 0.5) is 5.69 Å². The average molecular weight is 365 g/mol. The smallest absolute Gasteiger partial charge is 0.261 e. The lowest BCUT2D eigenvalue weighted by molar-refractivity contribution is 0.601. The van der Waals surface area contributed by atoms with Gasteiger partial charge in [0.15, 0.2) is 0 Å². The predicted molar refractivity (Wildman–Crippen MR) is 107 cm³/mol. The first-order chi connectivity index (χ1) is 12.6. The molecule has 0 aromatic heterocycles. The Hall–Kier alpha value is -2.59. The molecule has 0 heterocycles. The number of hydrogen-bond donors (Lipinski definition) is 1. The maximum absolute atomic E-state index is 12.8. The van der Waals surface area contributed by atoms with Gasteiger partial charge < -0.3 is 0 Å². The van der Waals surface area contributed by atoms with Crippen LogP contribution in [0.3, 0.4) is 0 Å². The standard InChI is InChI=1S/C22H23NO2S/c1-2-8-18-13-15-21(16-14-18)26(24,25)23-22-12-7-6-11-20(22)17-19-9-4-3-5-10-19/h3-7,9-16,23H,2,8,17H2,1H3. The van der Waals surface area contributed by atoms with Crippen LogP contribution in [0.5, 0.6) is 0 Å². The van der Waals surface area contributed by atoms with E-state index >= 15 is 0 Å². The highest BCUT2D eigenvalue weighted by Gasteiger charge is 2.16. The summed E-state index contributed by atoms with van der Waals surface area (Å²) in [5.74, 6) is 0. The van der Waals surface area contributed by atoms with E-state index in [0.717, 1.165) is 29.5 Å². The molecule has 3 nitrogen and oxygen atoms in total. The first-order valence-corrected chi connectivity index (χ1v) is 10.3. The van der Waals surface area contributed by atoms with Gasteiger partial charge in [0.25, 0.3) is 10.0 Å². The third-order valence-electron chi connectivity index (χ3n) is 4.27. The van der Waals surface area contributed by atoms with Gasteiger partial charge in [0.2, 0.25) is 0 Å². The van der Waals surface area contributed by atoms with Crippen LogP contribution in [0.15, 0.2) is 83.8 Å². The van der Waals surface area contributed by atoms with Crippen LogP contribution < -0.4 is 4.72 Å². The fourth-order valence-corrected chi connectivity index (χ4v) is 4.02. The summed E-state index contributed by atoms with van der Waals surface area (Å²) in [6, 6.07) is 24.7. The maximum Gasteiger partial charge on any atom is 0.261 e. The predicted octanol–water partition coefficient (Wildman–Crippen LogP) is 5.03. The molecule has 0 spiro atoms. The van der Waals surface area contributed by atoms with E-state index in [-0.39, 0.29) is 4.90 Å². The minimum absolute atomic E-state index is 0.284. The van der Waals surface area contributed by atoms with Gasteiger partial charge in [-0.2, -0.15) is 0 Å². The van der Waals surface area contributed by atoms with Gasteiger partial charge in [-0.15, -0.1) is 0 Å². The quantitative estimate of drug-likeness (QED) is 0.638. The highest BCUT2D eigenvalue weighted by molar-refractivity contribution is 7.92. The molecule has 0 aliphatic carbocycles. The van der Waals surface area contributed by atoms with Crippen LogP contribution in [0.25, 0.3) is 0 Å². The molecular formula is C22H23NO2S. The molecule has 3 rings (SSSR count).